The van der Waals surface area contributed by atoms with Gasteiger partial charge in [0.05, 0.1) is 15.8 Å². The summed E-state index contributed by atoms with van der Waals surface area (Å²) in [5, 5.41) is 16.1. The van der Waals surface area contributed by atoms with Gasteiger partial charge in [-0.05, 0) is 60.0 Å². The van der Waals surface area contributed by atoms with Gasteiger partial charge in [0.1, 0.15) is 5.75 Å². The highest BCUT2D eigenvalue weighted by Gasteiger charge is 2.18. The quantitative estimate of drug-likeness (QED) is 0.344. The largest absolute Gasteiger partial charge is 0.508 e. The number of rotatable bonds is 4. The Labute approximate surface area is 170 Å². The smallest absolute Gasteiger partial charge is 0.230 e. The highest BCUT2D eigenvalue weighted by molar-refractivity contribution is 7.12. The van der Waals surface area contributed by atoms with Crippen molar-refractivity contribution < 1.29 is 19.5 Å². The SMILES string of the molecule is Cc1c2cc[n+](OCC(=O)c3cccs3)cc2c(C)c2c1[nH]c1ccc(O)cc12. The van der Waals surface area contributed by atoms with E-state index in [1.807, 2.05) is 36.0 Å². The number of H-pyrrole nitrogens is 1. The van der Waals surface area contributed by atoms with Crippen LogP contribution in [0.3, 0.4) is 0 Å². The molecule has 0 atom stereocenters. The maximum atomic E-state index is 12.2. The highest BCUT2D eigenvalue weighted by atomic mass is 32.1. The van der Waals surface area contributed by atoms with Crippen LogP contribution in [0.15, 0.2) is 54.2 Å². The van der Waals surface area contributed by atoms with Gasteiger partial charge in [0.25, 0.3) is 0 Å². The van der Waals surface area contributed by atoms with E-state index in [1.165, 1.54) is 11.3 Å². The Bertz CT molecular complexity index is 1400. The molecule has 0 unspecified atom stereocenters. The molecule has 0 radical (unpaired) electrons. The summed E-state index contributed by atoms with van der Waals surface area (Å²) in [6.45, 7) is 4.14. The molecular weight excluding hydrogens is 384 g/mol. The first kappa shape index (κ1) is 17.7. The molecule has 0 saturated carbocycles. The summed E-state index contributed by atoms with van der Waals surface area (Å²) in [5.74, 6) is 0.206. The Balaban J connectivity index is 1.62. The molecule has 5 aromatic rings. The molecule has 0 spiro atoms. The molecule has 0 aliphatic rings. The number of phenolic OH excluding ortho intramolecular Hbond substituents is 1. The number of hydrogen-bond acceptors (Lipinski definition) is 4. The third-order valence-electron chi connectivity index (χ3n) is 5.42. The molecule has 0 fully saturated rings. The minimum atomic E-state index is -0.0388. The number of aromatic amines is 1. The van der Waals surface area contributed by atoms with Crippen LogP contribution in [0, 0.1) is 13.8 Å². The molecule has 5 rings (SSSR count). The van der Waals surface area contributed by atoms with Crippen LogP contribution < -0.4 is 9.57 Å². The fourth-order valence-corrected chi connectivity index (χ4v) is 4.60. The Hall–Kier alpha value is -3.38. The molecule has 0 aliphatic carbocycles. The van der Waals surface area contributed by atoms with E-state index >= 15 is 0 Å². The molecule has 3 aromatic heterocycles. The van der Waals surface area contributed by atoms with Crippen LogP contribution in [0.1, 0.15) is 20.8 Å². The number of aryl methyl sites for hydroxylation is 2. The van der Waals surface area contributed by atoms with Crippen LogP contribution in [-0.4, -0.2) is 22.5 Å². The van der Waals surface area contributed by atoms with E-state index in [0.717, 1.165) is 43.7 Å². The van der Waals surface area contributed by atoms with Gasteiger partial charge in [-0.3, -0.25) is 9.63 Å². The van der Waals surface area contributed by atoms with E-state index in [9.17, 15) is 9.90 Å². The number of thiophene rings is 1. The zero-order valence-corrected chi connectivity index (χ0v) is 16.8. The van der Waals surface area contributed by atoms with Crippen molar-refractivity contribution in [1.82, 2.24) is 4.98 Å². The molecule has 0 saturated heterocycles. The molecule has 29 heavy (non-hydrogen) atoms. The van der Waals surface area contributed by atoms with Crippen LogP contribution in [-0.2, 0) is 0 Å². The van der Waals surface area contributed by atoms with Crippen molar-refractivity contribution in [3.8, 4) is 5.75 Å². The lowest BCUT2D eigenvalue weighted by Crippen LogP contribution is -2.44. The number of carbonyl (C=O) groups excluding carboxylic acids is 1. The molecule has 5 nitrogen and oxygen atoms in total. The van der Waals surface area contributed by atoms with Crippen LogP contribution in [0.25, 0.3) is 32.6 Å². The topological polar surface area (TPSA) is 66.2 Å². The summed E-state index contributed by atoms with van der Waals surface area (Å²) < 4.78 is 1.60. The van der Waals surface area contributed by atoms with Crippen molar-refractivity contribution in [2.45, 2.75) is 13.8 Å². The van der Waals surface area contributed by atoms with Gasteiger partial charge in [0.2, 0.25) is 24.8 Å². The number of carbonyl (C=O) groups is 1. The van der Waals surface area contributed by atoms with Gasteiger partial charge in [-0.2, -0.15) is 0 Å². The number of aromatic nitrogens is 2. The molecule has 2 aromatic carbocycles. The lowest BCUT2D eigenvalue weighted by molar-refractivity contribution is -0.888. The Morgan fingerprint density at radius 1 is 1.14 bits per heavy atom. The number of fused-ring (bicyclic) bond motifs is 4. The molecule has 2 N–H and O–H groups in total. The Morgan fingerprint density at radius 2 is 2.00 bits per heavy atom. The predicted molar refractivity (Wildman–Crippen MR) is 115 cm³/mol. The molecule has 0 amide bonds. The highest BCUT2D eigenvalue weighted by Crippen LogP contribution is 2.37. The lowest BCUT2D eigenvalue weighted by atomic mass is 9.97. The number of nitrogens with zero attached hydrogens (tertiary/aromatic N) is 1. The summed E-state index contributed by atoms with van der Waals surface area (Å²) in [4.78, 5) is 22.1. The summed E-state index contributed by atoms with van der Waals surface area (Å²) in [7, 11) is 0. The second-order valence-electron chi connectivity index (χ2n) is 7.16. The maximum absolute atomic E-state index is 12.2. The van der Waals surface area contributed by atoms with Crippen molar-refractivity contribution in [2.75, 3.05) is 6.61 Å². The first-order valence-electron chi connectivity index (χ1n) is 9.31. The minimum absolute atomic E-state index is 0.0160. The lowest BCUT2D eigenvalue weighted by Gasteiger charge is -2.08. The van der Waals surface area contributed by atoms with Crippen LogP contribution in [0.2, 0.25) is 0 Å². The fraction of sp³-hybridized carbons (Fsp3) is 0.130. The van der Waals surface area contributed by atoms with Gasteiger partial charge >= 0.3 is 0 Å². The molecule has 0 aliphatic heterocycles. The summed E-state index contributed by atoms with van der Waals surface area (Å²) in [5.41, 5.74) is 4.30. The van der Waals surface area contributed by atoms with Gasteiger partial charge in [-0.1, -0.05) is 6.07 Å². The van der Waals surface area contributed by atoms with Crippen molar-refractivity contribution in [3.05, 3.63) is 70.2 Å². The third kappa shape index (κ3) is 2.84. The fourth-order valence-electron chi connectivity index (χ4n) is 3.95. The van der Waals surface area contributed by atoms with Gasteiger partial charge in [-0.15, -0.1) is 11.3 Å². The number of ketones is 1. The molecule has 0 bridgehead atoms. The molecular formula is C23H19N2O3S+. The second-order valence-corrected chi connectivity index (χ2v) is 8.11. The van der Waals surface area contributed by atoms with Crippen molar-refractivity contribution in [2.24, 2.45) is 0 Å². The maximum Gasteiger partial charge on any atom is 0.230 e. The van der Waals surface area contributed by atoms with Gasteiger partial charge in [0, 0.05) is 27.1 Å². The van der Waals surface area contributed by atoms with E-state index in [2.05, 4.69) is 18.8 Å². The predicted octanol–water partition coefficient (Wildman–Crippen LogP) is 4.46. The van der Waals surface area contributed by atoms with E-state index in [1.54, 1.807) is 22.9 Å². The van der Waals surface area contributed by atoms with Gasteiger partial charge in [0.15, 0.2) is 0 Å². The Kier molecular flexibility index (Phi) is 4.03. The monoisotopic (exact) mass is 403 g/mol. The second kappa shape index (κ2) is 6.60. The van der Waals surface area contributed by atoms with Gasteiger partial charge < -0.3 is 10.1 Å². The van der Waals surface area contributed by atoms with E-state index in [4.69, 9.17) is 4.84 Å². The number of Topliss-reactive ketones (excluding diaryl/α,β-unsaturated/α-hetero) is 1. The molecule has 144 valence electrons. The zero-order chi connectivity index (χ0) is 20.1. The summed E-state index contributed by atoms with van der Waals surface area (Å²) in [6, 6.07) is 11.0. The average Bonchev–Trinajstić information content (AvgIpc) is 3.38. The number of hydrogen-bond donors (Lipinski definition) is 2. The van der Waals surface area contributed by atoms with Crippen molar-refractivity contribution >= 4 is 49.7 Å². The molecule has 6 heteroatoms. The third-order valence-corrected chi connectivity index (χ3v) is 6.33. The number of pyridine rings is 1. The van der Waals surface area contributed by atoms with E-state index in [0.29, 0.717) is 4.88 Å². The van der Waals surface area contributed by atoms with Crippen molar-refractivity contribution in [1.29, 1.82) is 0 Å². The number of phenols is 1. The summed E-state index contributed by atoms with van der Waals surface area (Å²) >= 11 is 1.42. The number of nitrogens with one attached hydrogen (secondary N) is 1. The number of aromatic hydroxyl groups is 1. The zero-order valence-electron chi connectivity index (χ0n) is 16.0. The van der Waals surface area contributed by atoms with E-state index < -0.39 is 0 Å². The van der Waals surface area contributed by atoms with Crippen LogP contribution in [0.4, 0.5) is 0 Å². The van der Waals surface area contributed by atoms with Crippen LogP contribution in [0.5, 0.6) is 5.75 Å². The minimum Gasteiger partial charge on any atom is -0.508 e. The normalized spacial score (nSPS) is 11.5. The number of benzene rings is 2. The average molecular weight is 403 g/mol. The Morgan fingerprint density at radius 3 is 2.79 bits per heavy atom. The molecule has 3 heterocycles. The summed E-state index contributed by atoms with van der Waals surface area (Å²) in [6.07, 6.45) is 3.75. The van der Waals surface area contributed by atoms with Gasteiger partial charge in [-0.25, -0.2) is 0 Å². The first-order chi connectivity index (χ1) is 14.0. The van der Waals surface area contributed by atoms with E-state index in [-0.39, 0.29) is 18.1 Å². The first-order valence-corrected chi connectivity index (χ1v) is 10.2. The van der Waals surface area contributed by atoms with Crippen LogP contribution >= 0.6 is 11.3 Å². The van der Waals surface area contributed by atoms with Crippen molar-refractivity contribution in [3.63, 3.8) is 0 Å². The standard InChI is InChI=1S/C23H18N2O3S/c1-13-18-11-25(28-12-20(27)21-4-3-9-29-21)8-7-16(18)14(2)23-22(13)17-10-15(26)5-6-19(17)24-23/h3-11,26H,12H2,1-2H3/p+1.